The number of aromatic amines is 1. The molecular weight excluding hydrogens is 406 g/mol. The predicted octanol–water partition coefficient (Wildman–Crippen LogP) is 4.05. The number of rotatable bonds is 4. The maximum atomic E-state index is 6.05. The van der Waals surface area contributed by atoms with Gasteiger partial charge in [0.25, 0.3) is 0 Å². The topological polar surface area (TPSA) is 105 Å². The van der Waals surface area contributed by atoms with Crippen molar-refractivity contribution in [3.05, 3.63) is 54.2 Å². The highest BCUT2D eigenvalue weighted by Crippen LogP contribution is 2.34. The summed E-state index contributed by atoms with van der Waals surface area (Å²) in [6.07, 6.45) is 1.71. The number of benzene rings is 1. The first kappa shape index (κ1) is 18.8. The molecule has 1 aliphatic heterocycles. The lowest BCUT2D eigenvalue weighted by Crippen LogP contribution is -2.37. The van der Waals surface area contributed by atoms with Crippen LogP contribution in [0.5, 0.6) is 0 Å². The van der Waals surface area contributed by atoms with Gasteiger partial charge in [-0.25, -0.2) is 9.97 Å². The van der Waals surface area contributed by atoms with Crippen molar-refractivity contribution in [3.63, 3.8) is 0 Å². The van der Waals surface area contributed by atoms with Crippen LogP contribution in [0.2, 0.25) is 0 Å². The Labute approximate surface area is 183 Å². The molecule has 5 aromatic rings. The molecule has 2 N–H and O–H groups in total. The summed E-state index contributed by atoms with van der Waals surface area (Å²) in [7, 11) is 0. The summed E-state index contributed by atoms with van der Waals surface area (Å²) in [5.41, 5.74) is 5.01. The first-order valence-electron chi connectivity index (χ1n) is 10.5. The van der Waals surface area contributed by atoms with Crippen molar-refractivity contribution in [1.82, 2.24) is 25.1 Å². The van der Waals surface area contributed by atoms with Crippen molar-refractivity contribution in [3.8, 4) is 11.3 Å². The van der Waals surface area contributed by atoms with E-state index in [2.05, 4.69) is 56.6 Å². The molecule has 9 heteroatoms. The number of furan rings is 1. The largest absolute Gasteiger partial charge is 0.432 e. The Bertz CT molecular complexity index is 1400. The fourth-order valence-corrected chi connectivity index (χ4v) is 3.89. The average Bonchev–Trinajstić information content (AvgIpc) is 3.44. The van der Waals surface area contributed by atoms with Gasteiger partial charge < -0.3 is 19.4 Å². The fourth-order valence-electron chi connectivity index (χ4n) is 3.89. The minimum atomic E-state index is 0.463. The lowest BCUT2D eigenvalue weighted by molar-refractivity contribution is 0.122. The number of nitrogens with zero attached hydrogens (tertiary/aromatic N) is 5. The maximum absolute atomic E-state index is 6.05. The van der Waals surface area contributed by atoms with Gasteiger partial charge in [0, 0.05) is 30.9 Å². The molecule has 0 amide bonds. The van der Waals surface area contributed by atoms with Crippen molar-refractivity contribution < 1.29 is 9.15 Å². The molecule has 6 rings (SSSR count). The molecule has 4 aromatic heterocycles. The zero-order chi connectivity index (χ0) is 21.5. The van der Waals surface area contributed by atoms with Crippen LogP contribution < -0.4 is 10.2 Å². The monoisotopic (exact) mass is 427 g/mol. The van der Waals surface area contributed by atoms with E-state index in [0.717, 1.165) is 41.1 Å². The van der Waals surface area contributed by atoms with Gasteiger partial charge >= 0.3 is 0 Å². The molecule has 5 heterocycles. The smallest absolute Gasteiger partial charge is 0.231 e. The second kappa shape index (κ2) is 7.61. The van der Waals surface area contributed by atoms with Gasteiger partial charge in [-0.15, -0.1) is 0 Å². The van der Waals surface area contributed by atoms with Crippen molar-refractivity contribution >= 4 is 39.8 Å². The van der Waals surface area contributed by atoms with Gasteiger partial charge in [0.2, 0.25) is 11.7 Å². The number of hydrogen-bond acceptors (Lipinski definition) is 8. The molecule has 0 bridgehead atoms. The van der Waals surface area contributed by atoms with Crippen LogP contribution in [0.1, 0.15) is 5.56 Å². The highest BCUT2D eigenvalue weighted by Gasteiger charge is 2.22. The zero-order valence-corrected chi connectivity index (χ0v) is 17.5. The molecule has 32 heavy (non-hydrogen) atoms. The van der Waals surface area contributed by atoms with Gasteiger partial charge in [-0.3, -0.25) is 5.10 Å². The lowest BCUT2D eigenvalue weighted by atomic mass is 10.1. The van der Waals surface area contributed by atoms with E-state index >= 15 is 0 Å². The highest BCUT2D eigenvalue weighted by molar-refractivity contribution is 6.05. The normalized spacial score (nSPS) is 14.3. The van der Waals surface area contributed by atoms with E-state index in [4.69, 9.17) is 19.1 Å². The van der Waals surface area contributed by atoms with Gasteiger partial charge in [0.05, 0.1) is 24.3 Å². The number of aryl methyl sites for hydroxylation is 1. The van der Waals surface area contributed by atoms with Gasteiger partial charge in [0.1, 0.15) is 11.3 Å². The van der Waals surface area contributed by atoms with Crippen LogP contribution in [0.15, 0.2) is 53.1 Å². The SMILES string of the molecule is Cc1ccc(-c2cc(Nc3nc(N4CCOCC4)c4oc5ncccc5c4n3)[nH]n2)cc1. The van der Waals surface area contributed by atoms with E-state index in [0.29, 0.717) is 36.3 Å². The third-order valence-corrected chi connectivity index (χ3v) is 5.55. The molecule has 0 radical (unpaired) electrons. The minimum absolute atomic E-state index is 0.463. The number of aromatic nitrogens is 5. The summed E-state index contributed by atoms with van der Waals surface area (Å²) in [5, 5.41) is 11.6. The number of anilines is 3. The number of hydrogen-bond donors (Lipinski definition) is 2. The standard InChI is InChI=1S/C23H21N7O2/c1-14-4-6-15(7-5-14)17-13-18(29-28-17)25-23-26-19-16-3-2-8-24-22(16)32-20(19)21(27-23)30-9-11-31-12-10-30/h2-8,13H,9-12H2,1H3,(H2,25,26,27,28,29). The van der Waals surface area contributed by atoms with E-state index in [1.165, 1.54) is 5.56 Å². The van der Waals surface area contributed by atoms with Gasteiger partial charge in [-0.05, 0) is 19.1 Å². The second-order valence-corrected chi connectivity index (χ2v) is 7.76. The summed E-state index contributed by atoms with van der Waals surface area (Å²) >= 11 is 0. The molecule has 1 aliphatic rings. The molecule has 0 atom stereocenters. The van der Waals surface area contributed by atoms with Crippen LogP contribution in [0.4, 0.5) is 17.6 Å². The average molecular weight is 427 g/mol. The minimum Gasteiger partial charge on any atom is -0.432 e. The summed E-state index contributed by atoms with van der Waals surface area (Å²) < 4.78 is 11.6. The molecule has 0 saturated carbocycles. The Morgan fingerprint density at radius 3 is 2.75 bits per heavy atom. The van der Waals surface area contributed by atoms with Crippen LogP contribution in [0.25, 0.3) is 33.5 Å². The van der Waals surface area contributed by atoms with Crippen LogP contribution in [0.3, 0.4) is 0 Å². The van der Waals surface area contributed by atoms with Crippen molar-refractivity contribution in [2.75, 3.05) is 36.5 Å². The molecule has 1 aromatic carbocycles. The molecule has 0 unspecified atom stereocenters. The number of fused-ring (bicyclic) bond motifs is 3. The Kier molecular flexibility index (Phi) is 4.46. The summed E-state index contributed by atoms with van der Waals surface area (Å²) in [4.78, 5) is 16.0. The number of ether oxygens (including phenoxy) is 1. The van der Waals surface area contributed by atoms with E-state index in [9.17, 15) is 0 Å². The third kappa shape index (κ3) is 3.32. The Hall–Kier alpha value is -3.98. The van der Waals surface area contributed by atoms with Gasteiger partial charge in [-0.1, -0.05) is 29.8 Å². The molecule has 9 nitrogen and oxygen atoms in total. The van der Waals surface area contributed by atoms with Crippen molar-refractivity contribution in [1.29, 1.82) is 0 Å². The van der Waals surface area contributed by atoms with E-state index in [-0.39, 0.29) is 0 Å². The lowest BCUT2D eigenvalue weighted by Gasteiger charge is -2.27. The van der Waals surface area contributed by atoms with Crippen LogP contribution >= 0.6 is 0 Å². The van der Waals surface area contributed by atoms with Crippen LogP contribution in [-0.4, -0.2) is 51.5 Å². The van der Waals surface area contributed by atoms with Gasteiger partial charge in [-0.2, -0.15) is 10.1 Å². The highest BCUT2D eigenvalue weighted by atomic mass is 16.5. The third-order valence-electron chi connectivity index (χ3n) is 5.55. The quantitative estimate of drug-likeness (QED) is 0.443. The Morgan fingerprint density at radius 1 is 1.06 bits per heavy atom. The molecule has 0 aliphatic carbocycles. The number of morpholine rings is 1. The molecule has 0 spiro atoms. The molecular formula is C23H21N7O2. The van der Waals surface area contributed by atoms with E-state index in [1.54, 1.807) is 6.20 Å². The predicted molar refractivity (Wildman–Crippen MR) is 122 cm³/mol. The van der Waals surface area contributed by atoms with Crippen LogP contribution in [-0.2, 0) is 4.74 Å². The first-order chi connectivity index (χ1) is 15.7. The number of nitrogens with one attached hydrogen (secondary N) is 2. The summed E-state index contributed by atoms with van der Waals surface area (Å²) in [5.74, 6) is 1.90. The van der Waals surface area contributed by atoms with Crippen LogP contribution in [0, 0.1) is 6.92 Å². The van der Waals surface area contributed by atoms with Gasteiger partial charge in [0.15, 0.2) is 11.4 Å². The maximum Gasteiger partial charge on any atom is 0.231 e. The molecule has 160 valence electrons. The van der Waals surface area contributed by atoms with E-state index in [1.807, 2.05) is 18.2 Å². The molecule has 1 fully saturated rings. The Balaban J connectivity index is 1.41. The van der Waals surface area contributed by atoms with E-state index < -0.39 is 0 Å². The molecule has 1 saturated heterocycles. The first-order valence-corrected chi connectivity index (χ1v) is 10.5. The number of H-pyrrole nitrogens is 1. The number of pyridine rings is 1. The zero-order valence-electron chi connectivity index (χ0n) is 17.5. The Morgan fingerprint density at radius 2 is 1.91 bits per heavy atom. The fraction of sp³-hybridized carbons (Fsp3) is 0.217. The summed E-state index contributed by atoms with van der Waals surface area (Å²) in [6, 6.07) is 14.0. The van der Waals surface area contributed by atoms with Crippen molar-refractivity contribution in [2.24, 2.45) is 0 Å². The van der Waals surface area contributed by atoms with Crippen molar-refractivity contribution in [2.45, 2.75) is 6.92 Å². The summed E-state index contributed by atoms with van der Waals surface area (Å²) in [6.45, 7) is 4.83. The second-order valence-electron chi connectivity index (χ2n) is 7.76.